The molecule has 0 spiro atoms. The first kappa shape index (κ1) is 13.1. The maximum Gasteiger partial charge on any atom is 0.437 e. The van der Waals surface area contributed by atoms with Crippen LogP contribution in [0.25, 0.3) is 11.7 Å². The minimum atomic E-state index is -0.512. The Labute approximate surface area is 126 Å². The molecule has 1 saturated carbocycles. The Morgan fingerprint density at radius 1 is 1.23 bits per heavy atom. The van der Waals surface area contributed by atoms with Gasteiger partial charge in [0, 0.05) is 6.20 Å². The van der Waals surface area contributed by atoms with Gasteiger partial charge in [-0.2, -0.15) is 9.78 Å². The van der Waals surface area contributed by atoms with Crippen LogP contribution in [0.4, 0.5) is 0 Å². The van der Waals surface area contributed by atoms with Gasteiger partial charge >= 0.3 is 5.76 Å². The van der Waals surface area contributed by atoms with Crippen LogP contribution < -0.4 is 5.76 Å². The Balaban J connectivity index is 1.55. The second-order valence-corrected chi connectivity index (χ2v) is 5.53. The fourth-order valence-corrected chi connectivity index (χ4v) is 2.89. The third-order valence-electron chi connectivity index (χ3n) is 4.01. The van der Waals surface area contributed by atoms with Gasteiger partial charge in [-0.05, 0) is 31.0 Å². The third kappa shape index (κ3) is 2.38. The van der Waals surface area contributed by atoms with E-state index in [0.29, 0.717) is 18.3 Å². The third-order valence-corrected chi connectivity index (χ3v) is 4.01. The molecule has 114 valence electrons. The number of hydrogen-bond donors (Lipinski definition) is 0. The summed E-state index contributed by atoms with van der Waals surface area (Å²) in [4.78, 5) is 11.9. The molecule has 0 N–H and O–H groups in total. The van der Waals surface area contributed by atoms with Crippen LogP contribution in [-0.2, 0) is 6.54 Å². The molecule has 1 fully saturated rings. The van der Waals surface area contributed by atoms with Crippen molar-refractivity contribution in [3.63, 3.8) is 0 Å². The van der Waals surface area contributed by atoms with Crippen molar-refractivity contribution >= 4 is 0 Å². The summed E-state index contributed by atoms with van der Waals surface area (Å²) in [5, 5.41) is 8.70. The summed E-state index contributed by atoms with van der Waals surface area (Å²) in [6, 6.07) is 5.83. The van der Waals surface area contributed by atoms with Gasteiger partial charge in [0.25, 0.3) is 5.89 Å². The van der Waals surface area contributed by atoms with Crippen molar-refractivity contribution in [3.05, 3.63) is 46.9 Å². The lowest BCUT2D eigenvalue weighted by Crippen LogP contribution is -2.17. The van der Waals surface area contributed by atoms with Gasteiger partial charge in [0.1, 0.15) is 0 Å². The van der Waals surface area contributed by atoms with E-state index in [-0.39, 0.29) is 5.89 Å². The van der Waals surface area contributed by atoms with E-state index in [1.807, 2.05) is 16.9 Å². The first-order valence-corrected chi connectivity index (χ1v) is 7.45. The maximum absolute atomic E-state index is 11.9. The second-order valence-electron chi connectivity index (χ2n) is 5.53. The molecule has 0 aliphatic heterocycles. The quantitative estimate of drug-likeness (QED) is 0.739. The van der Waals surface area contributed by atoms with E-state index in [2.05, 4.69) is 10.2 Å². The number of nitrogens with zero attached hydrogens (tertiary/aromatic N) is 4. The monoisotopic (exact) mass is 300 g/mol. The number of rotatable bonds is 4. The Hall–Kier alpha value is -2.57. The zero-order valence-corrected chi connectivity index (χ0v) is 12.0. The standard InChI is InChI=1S/C15H16N4O3/c20-15-19(17-14(22-15)13-6-3-9-21-13)10-11-7-8-18(16-11)12-4-1-2-5-12/h3,6-9,12H,1-2,4-5,10H2. The van der Waals surface area contributed by atoms with Crippen LogP contribution in [0, 0.1) is 0 Å². The van der Waals surface area contributed by atoms with Crippen molar-refractivity contribution in [3.8, 4) is 11.7 Å². The lowest BCUT2D eigenvalue weighted by molar-refractivity contribution is 0.455. The first-order valence-electron chi connectivity index (χ1n) is 7.45. The Kier molecular flexibility index (Phi) is 3.17. The summed E-state index contributed by atoms with van der Waals surface area (Å²) < 4.78 is 13.6. The van der Waals surface area contributed by atoms with E-state index in [1.54, 1.807) is 12.1 Å². The number of furan rings is 1. The first-order chi connectivity index (χ1) is 10.8. The van der Waals surface area contributed by atoms with Crippen molar-refractivity contribution in [2.75, 3.05) is 0 Å². The Morgan fingerprint density at radius 3 is 2.86 bits per heavy atom. The maximum atomic E-state index is 11.9. The van der Waals surface area contributed by atoms with Crippen LogP contribution in [0.3, 0.4) is 0 Å². The van der Waals surface area contributed by atoms with Crippen LogP contribution in [0.1, 0.15) is 37.4 Å². The second kappa shape index (κ2) is 5.32. The zero-order valence-electron chi connectivity index (χ0n) is 12.0. The van der Waals surface area contributed by atoms with Crippen LogP contribution >= 0.6 is 0 Å². The van der Waals surface area contributed by atoms with E-state index in [4.69, 9.17) is 8.83 Å². The molecule has 0 bridgehead atoms. The fraction of sp³-hybridized carbons (Fsp3) is 0.400. The van der Waals surface area contributed by atoms with E-state index in [0.717, 1.165) is 5.69 Å². The van der Waals surface area contributed by atoms with Crippen LogP contribution in [0.15, 0.2) is 44.3 Å². The topological polar surface area (TPSA) is 79.0 Å². The van der Waals surface area contributed by atoms with E-state index in [9.17, 15) is 4.79 Å². The molecule has 7 nitrogen and oxygen atoms in total. The molecule has 0 radical (unpaired) electrons. The molecular weight excluding hydrogens is 284 g/mol. The number of hydrogen-bond acceptors (Lipinski definition) is 5. The molecule has 3 heterocycles. The summed E-state index contributed by atoms with van der Waals surface area (Å²) in [6.45, 7) is 0.294. The molecule has 0 atom stereocenters. The molecule has 0 aromatic carbocycles. The molecule has 0 saturated heterocycles. The zero-order chi connectivity index (χ0) is 14.9. The minimum Gasteiger partial charge on any atom is -0.459 e. The molecule has 1 aliphatic carbocycles. The Morgan fingerprint density at radius 2 is 2.09 bits per heavy atom. The highest BCUT2D eigenvalue weighted by atomic mass is 16.4. The lowest BCUT2D eigenvalue weighted by Gasteiger charge is -2.08. The largest absolute Gasteiger partial charge is 0.459 e. The predicted octanol–water partition coefficient (Wildman–Crippen LogP) is 2.46. The van der Waals surface area contributed by atoms with Gasteiger partial charge in [0.2, 0.25) is 0 Å². The highest BCUT2D eigenvalue weighted by Crippen LogP contribution is 2.28. The average molecular weight is 300 g/mol. The molecule has 0 unspecified atom stereocenters. The molecule has 1 aliphatic rings. The van der Waals surface area contributed by atoms with Gasteiger partial charge in [-0.1, -0.05) is 12.8 Å². The van der Waals surface area contributed by atoms with Crippen LogP contribution in [0.5, 0.6) is 0 Å². The summed E-state index contributed by atoms with van der Waals surface area (Å²) in [5.74, 6) is 0.111. The normalized spacial score (nSPS) is 15.6. The van der Waals surface area contributed by atoms with Gasteiger partial charge < -0.3 is 8.83 Å². The summed E-state index contributed by atoms with van der Waals surface area (Å²) in [6.07, 6.45) is 8.35. The van der Waals surface area contributed by atoms with Gasteiger partial charge in [-0.25, -0.2) is 4.79 Å². The molecule has 0 amide bonds. The van der Waals surface area contributed by atoms with E-state index in [1.165, 1.54) is 36.6 Å². The van der Waals surface area contributed by atoms with Gasteiger partial charge in [-0.3, -0.25) is 4.68 Å². The molecule has 4 rings (SSSR count). The molecule has 7 heteroatoms. The van der Waals surface area contributed by atoms with Crippen molar-refractivity contribution in [1.82, 2.24) is 19.6 Å². The lowest BCUT2D eigenvalue weighted by atomic mass is 10.3. The fourth-order valence-electron chi connectivity index (χ4n) is 2.89. The highest BCUT2D eigenvalue weighted by molar-refractivity contribution is 5.42. The van der Waals surface area contributed by atoms with Crippen molar-refractivity contribution < 1.29 is 8.83 Å². The molecule has 3 aromatic rings. The minimum absolute atomic E-state index is 0.185. The average Bonchev–Trinajstić information content (AvgIpc) is 3.28. The summed E-state index contributed by atoms with van der Waals surface area (Å²) in [7, 11) is 0. The van der Waals surface area contributed by atoms with Crippen molar-refractivity contribution in [2.45, 2.75) is 38.3 Å². The predicted molar refractivity (Wildman–Crippen MR) is 77.3 cm³/mol. The van der Waals surface area contributed by atoms with Crippen molar-refractivity contribution in [2.24, 2.45) is 0 Å². The van der Waals surface area contributed by atoms with Crippen LogP contribution in [-0.4, -0.2) is 19.6 Å². The SMILES string of the molecule is O=c1oc(-c2ccco2)nn1Cc1ccn(C2CCCC2)n1. The Bertz CT molecular complexity index is 806. The molecule has 3 aromatic heterocycles. The summed E-state index contributed by atoms with van der Waals surface area (Å²) >= 11 is 0. The summed E-state index contributed by atoms with van der Waals surface area (Å²) in [5.41, 5.74) is 0.799. The number of aromatic nitrogens is 4. The van der Waals surface area contributed by atoms with E-state index >= 15 is 0 Å². The van der Waals surface area contributed by atoms with Gasteiger partial charge in [0.15, 0.2) is 5.76 Å². The van der Waals surface area contributed by atoms with Gasteiger partial charge in [-0.15, -0.1) is 5.10 Å². The van der Waals surface area contributed by atoms with Gasteiger partial charge in [0.05, 0.1) is 24.5 Å². The molecular formula is C15H16N4O3. The highest BCUT2D eigenvalue weighted by Gasteiger charge is 2.18. The van der Waals surface area contributed by atoms with Crippen molar-refractivity contribution in [1.29, 1.82) is 0 Å². The molecule has 22 heavy (non-hydrogen) atoms. The smallest absolute Gasteiger partial charge is 0.437 e. The van der Waals surface area contributed by atoms with E-state index < -0.39 is 5.76 Å². The van der Waals surface area contributed by atoms with Crippen LogP contribution in [0.2, 0.25) is 0 Å².